The molecule has 4 heteroatoms. The summed E-state index contributed by atoms with van der Waals surface area (Å²) < 4.78 is 2.46. The number of hydrogen-bond donors (Lipinski definition) is 0. The Bertz CT molecular complexity index is 3040. The van der Waals surface area contributed by atoms with Crippen molar-refractivity contribution in [2.24, 2.45) is 0 Å². The normalized spacial score (nSPS) is 13.4. The Morgan fingerprint density at radius 3 is 1.50 bits per heavy atom. The van der Waals surface area contributed by atoms with Gasteiger partial charge in [-0.05, 0) is 123 Å². The number of rotatable bonds is 4. The van der Waals surface area contributed by atoms with E-state index >= 15 is 0 Å². The second-order valence-electron chi connectivity index (χ2n) is 18.6. The van der Waals surface area contributed by atoms with Crippen molar-refractivity contribution in [3.8, 4) is 16.8 Å². The largest absolute Gasteiger partial charge is 0.311 e. The van der Waals surface area contributed by atoms with E-state index in [0.29, 0.717) is 0 Å². The first-order valence-corrected chi connectivity index (χ1v) is 21.3. The molecule has 0 N–H and O–H groups in total. The number of aromatic nitrogens is 1. The van der Waals surface area contributed by atoms with Crippen molar-refractivity contribution in [1.29, 1.82) is 0 Å². The van der Waals surface area contributed by atoms with Crippen molar-refractivity contribution >= 4 is 79.0 Å². The van der Waals surface area contributed by atoms with E-state index < -0.39 is 0 Å². The quantitative estimate of drug-likeness (QED) is 0.165. The molecule has 1 aromatic heterocycles. The second kappa shape index (κ2) is 13.4. The van der Waals surface area contributed by atoms with Gasteiger partial charge in [-0.2, -0.15) is 0 Å². The summed E-state index contributed by atoms with van der Waals surface area (Å²) in [4.78, 5) is 4.96. The van der Waals surface area contributed by atoms with Gasteiger partial charge >= 0.3 is 0 Å². The van der Waals surface area contributed by atoms with Gasteiger partial charge in [0.2, 0.25) is 0 Å². The average Bonchev–Trinajstić information content (AvgIpc) is 3.59. The van der Waals surface area contributed by atoms with Gasteiger partial charge in [-0.1, -0.05) is 145 Å². The van der Waals surface area contributed by atoms with Gasteiger partial charge in [0.15, 0.2) is 0 Å². The zero-order chi connectivity index (χ0) is 40.9. The lowest BCUT2D eigenvalue weighted by molar-refractivity contribution is 0.590. The Kier molecular flexibility index (Phi) is 8.09. The molecule has 8 aromatic carbocycles. The zero-order valence-corrected chi connectivity index (χ0v) is 35.2. The van der Waals surface area contributed by atoms with Crippen LogP contribution < -0.4 is 26.2 Å². The summed E-state index contributed by atoms with van der Waals surface area (Å²) in [6, 6.07) is 67.9. The molecule has 9 aromatic rings. The summed E-state index contributed by atoms with van der Waals surface area (Å²) >= 11 is 0. The molecule has 60 heavy (non-hydrogen) atoms. The Labute approximate surface area is 354 Å². The SMILES string of the molecule is CC(C)(C)c1ccc2c(c1)c1cc(C(C)(C)C)ccc1n2-c1ccc(-c2cccc3c2N(c2ccccc2)c2cccc4c2B3c2ccccc2N4c2ccccc2)cc1. The standard InChI is InChI=1S/C56H48BN3/c1-55(2,3)38-29-33-48-44(35-38)45-36-39(56(4,5)6)30-34-49(45)58(48)42-31-27-37(28-32-42)43-21-15-23-47-54(43)60(41-19-11-8-12-20-41)52-26-16-25-51-53(52)57(47)46-22-13-14-24-50(46)59(51)40-17-9-7-10-18-40/h7-36H,1-6H3. The van der Waals surface area contributed by atoms with E-state index in [9.17, 15) is 0 Å². The minimum atomic E-state index is 0.0530. The van der Waals surface area contributed by atoms with Gasteiger partial charge in [-0.3, -0.25) is 0 Å². The fourth-order valence-corrected chi connectivity index (χ4v) is 9.89. The monoisotopic (exact) mass is 773 g/mol. The van der Waals surface area contributed by atoms with Gasteiger partial charge in [-0.15, -0.1) is 0 Å². The van der Waals surface area contributed by atoms with E-state index in [0.717, 1.165) is 17.1 Å². The number of anilines is 6. The van der Waals surface area contributed by atoms with Gasteiger partial charge in [0, 0.05) is 56.1 Å². The third-order valence-corrected chi connectivity index (χ3v) is 12.9. The highest BCUT2D eigenvalue weighted by Gasteiger charge is 2.43. The molecule has 2 aliphatic heterocycles. The molecule has 0 amide bonds. The average molecular weight is 774 g/mol. The van der Waals surface area contributed by atoms with Crippen molar-refractivity contribution < 1.29 is 0 Å². The maximum absolute atomic E-state index is 2.51. The predicted molar refractivity (Wildman–Crippen MR) is 258 cm³/mol. The van der Waals surface area contributed by atoms with Crippen LogP contribution in [-0.4, -0.2) is 11.3 Å². The molecule has 290 valence electrons. The molecule has 0 saturated carbocycles. The van der Waals surface area contributed by atoms with Crippen LogP contribution in [0.15, 0.2) is 182 Å². The Morgan fingerprint density at radius 2 is 0.900 bits per heavy atom. The van der Waals surface area contributed by atoms with Crippen LogP contribution in [-0.2, 0) is 10.8 Å². The Morgan fingerprint density at radius 1 is 0.400 bits per heavy atom. The van der Waals surface area contributed by atoms with E-state index in [1.54, 1.807) is 0 Å². The minimum Gasteiger partial charge on any atom is -0.311 e. The molecule has 0 bridgehead atoms. The smallest absolute Gasteiger partial charge is 0.252 e. The molecule has 0 unspecified atom stereocenters. The van der Waals surface area contributed by atoms with Crippen LogP contribution in [0.3, 0.4) is 0 Å². The maximum atomic E-state index is 2.51. The molecule has 3 heterocycles. The highest BCUT2D eigenvalue weighted by molar-refractivity contribution is 7.00. The Hall–Kier alpha value is -6.78. The van der Waals surface area contributed by atoms with Crippen LogP contribution in [0.4, 0.5) is 34.1 Å². The summed E-state index contributed by atoms with van der Waals surface area (Å²) in [6.45, 7) is 13.9. The van der Waals surface area contributed by atoms with Gasteiger partial charge in [0.1, 0.15) is 0 Å². The summed E-state index contributed by atoms with van der Waals surface area (Å²) in [7, 11) is 0. The minimum absolute atomic E-state index is 0.0530. The van der Waals surface area contributed by atoms with E-state index in [1.807, 2.05) is 0 Å². The van der Waals surface area contributed by atoms with E-state index in [-0.39, 0.29) is 17.5 Å². The molecule has 0 radical (unpaired) electrons. The molecule has 0 fully saturated rings. The van der Waals surface area contributed by atoms with Crippen LogP contribution in [0.25, 0.3) is 38.6 Å². The third-order valence-electron chi connectivity index (χ3n) is 12.9. The van der Waals surface area contributed by atoms with Crippen molar-refractivity contribution in [2.45, 2.75) is 52.4 Å². The molecule has 2 aliphatic rings. The first-order chi connectivity index (χ1) is 29.1. The molecule has 0 spiro atoms. The molecular weight excluding hydrogens is 725 g/mol. The van der Waals surface area contributed by atoms with Crippen molar-refractivity contribution in [3.05, 3.63) is 193 Å². The molecule has 0 saturated heterocycles. The van der Waals surface area contributed by atoms with Crippen LogP contribution in [0.5, 0.6) is 0 Å². The Balaban J connectivity index is 1.11. The van der Waals surface area contributed by atoms with E-state index in [1.165, 1.54) is 83.2 Å². The van der Waals surface area contributed by atoms with Gasteiger partial charge in [0.05, 0.1) is 11.0 Å². The predicted octanol–water partition coefficient (Wildman–Crippen LogP) is 13.1. The summed E-state index contributed by atoms with van der Waals surface area (Å²) in [5.74, 6) is 0. The van der Waals surface area contributed by atoms with Crippen molar-refractivity contribution in [2.75, 3.05) is 9.80 Å². The summed E-state index contributed by atoms with van der Waals surface area (Å²) in [5.41, 5.74) is 20.0. The van der Waals surface area contributed by atoms with Gasteiger partial charge < -0.3 is 14.4 Å². The number of fused-ring (bicyclic) bond motifs is 7. The molecule has 3 nitrogen and oxygen atoms in total. The second-order valence-corrected chi connectivity index (χ2v) is 18.6. The van der Waals surface area contributed by atoms with Crippen LogP contribution >= 0.6 is 0 Å². The fraction of sp³-hybridized carbons (Fsp3) is 0.143. The lowest BCUT2D eigenvalue weighted by Crippen LogP contribution is -2.61. The molecule has 0 atom stereocenters. The lowest BCUT2D eigenvalue weighted by Gasteiger charge is -2.44. The van der Waals surface area contributed by atoms with Crippen LogP contribution in [0.2, 0.25) is 0 Å². The third kappa shape index (κ3) is 5.58. The van der Waals surface area contributed by atoms with Gasteiger partial charge in [-0.25, -0.2) is 0 Å². The molecule has 11 rings (SSSR count). The lowest BCUT2D eigenvalue weighted by atomic mass is 9.33. The summed E-state index contributed by atoms with van der Waals surface area (Å²) in [6.07, 6.45) is 0. The topological polar surface area (TPSA) is 11.4 Å². The number of benzene rings is 8. The first kappa shape index (κ1) is 36.3. The van der Waals surface area contributed by atoms with Gasteiger partial charge in [0.25, 0.3) is 6.71 Å². The van der Waals surface area contributed by atoms with Crippen LogP contribution in [0.1, 0.15) is 52.7 Å². The fourth-order valence-electron chi connectivity index (χ4n) is 9.89. The number of nitrogens with zero attached hydrogens (tertiary/aromatic N) is 3. The van der Waals surface area contributed by atoms with Crippen molar-refractivity contribution in [3.63, 3.8) is 0 Å². The van der Waals surface area contributed by atoms with E-state index in [4.69, 9.17) is 0 Å². The molecular formula is C56H48BN3. The maximum Gasteiger partial charge on any atom is 0.252 e. The molecule has 0 aliphatic carbocycles. The van der Waals surface area contributed by atoms with Crippen molar-refractivity contribution in [1.82, 2.24) is 4.57 Å². The highest BCUT2D eigenvalue weighted by Crippen LogP contribution is 2.47. The van der Waals surface area contributed by atoms with Crippen LogP contribution in [0, 0.1) is 0 Å². The number of hydrogen-bond acceptors (Lipinski definition) is 2. The highest BCUT2D eigenvalue weighted by atomic mass is 15.2. The first-order valence-electron chi connectivity index (χ1n) is 21.3. The van der Waals surface area contributed by atoms with E-state index in [2.05, 4.69) is 238 Å². The number of para-hydroxylation sites is 4. The zero-order valence-electron chi connectivity index (χ0n) is 35.2. The summed E-state index contributed by atoms with van der Waals surface area (Å²) in [5, 5.41) is 2.61.